The molecule has 0 radical (unpaired) electrons. The average Bonchev–Trinajstić information content (AvgIpc) is 2.65. The van der Waals surface area contributed by atoms with Crippen molar-refractivity contribution in [1.82, 2.24) is 0 Å². The van der Waals surface area contributed by atoms with Gasteiger partial charge in [0.15, 0.2) is 38.0 Å². The van der Waals surface area contributed by atoms with Crippen molar-refractivity contribution in [3.05, 3.63) is 69.4 Å². The molecule has 2 rings (SSSR count). The maximum Gasteiger partial charge on any atom is 0.200 e. The van der Waals surface area contributed by atoms with E-state index < -0.39 is 58.7 Å². The van der Waals surface area contributed by atoms with Crippen molar-refractivity contribution in [3.8, 4) is 11.8 Å². The lowest BCUT2D eigenvalue weighted by atomic mass is 10.1. The predicted molar refractivity (Wildman–Crippen MR) is 98.4 cm³/mol. The minimum Gasteiger partial charge on any atom is -0.497 e. The summed E-state index contributed by atoms with van der Waals surface area (Å²) in [7, 11) is -3.07. The predicted octanol–water partition coefficient (Wildman–Crippen LogP) is 4.63. The largest absolute Gasteiger partial charge is 0.497 e. The zero-order valence-electron chi connectivity index (χ0n) is 13.9. The summed E-state index contributed by atoms with van der Waals surface area (Å²) in [5.74, 6) is -11.6. The van der Waals surface area contributed by atoms with Gasteiger partial charge in [-0.15, -0.1) is 0 Å². The van der Waals surface area contributed by atoms with Crippen molar-refractivity contribution < 1.29 is 35.1 Å². The average molecular weight is 529 g/mol. The minimum absolute atomic E-state index is 0.218. The normalized spacial score (nSPS) is 12.4. The Balaban J connectivity index is 2.62. The van der Waals surface area contributed by atoms with Crippen molar-refractivity contribution in [2.75, 3.05) is 7.11 Å². The van der Waals surface area contributed by atoms with E-state index in [1.807, 2.05) is 0 Å². The SMILES string of the molecule is COc1ccc(CS(=O)(=O)C(C#N)=C(I)c2c(F)c(F)c(F)c(F)c2F)cc1. The second-order valence-electron chi connectivity index (χ2n) is 5.31. The number of rotatable bonds is 5. The van der Waals surface area contributed by atoms with Gasteiger partial charge in [0.25, 0.3) is 0 Å². The van der Waals surface area contributed by atoms with Crippen LogP contribution in [-0.4, -0.2) is 15.5 Å². The van der Waals surface area contributed by atoms with Gasteiger partial charge in [0, 0.05) is 0 Å². The number of methoxy groups -OCH3 is 1. The highest BCUT2D eigenvalue weighted by Gasteiger charge is 2.31. The van der Waals surface area contributed by atoms with E-state index in [2.05, 4.69) is 0 Å². The van der Waals surface area contributed by atoms with E-state index in [-0.39, 0.29) is 5.56 Å². The molecule has 0 N–H and O–H groups in total. The molecular weight excluding hydrogens is 520 g/mol. The van der Waals surface area contributed by atoms with Crippen LogP contribution in [0.2, 0.25) is 0 Å². The van der Waals surface area contributed by atoms with Crippen LogP contribution in [0.4, 0.5) is 22.0 Å². The van der Waals surface area contributed by atoms with E-state index in [9.17, 15) is 35.6 Å². The molecule has 2 aromatic rings. The molecule has 2 aromatic carbocycles. The van der Waals surface area contributed by atoms with Gasteiger partial charge >= 0.3 is 0 Å². The maximum atomic E-state index is 14.0. The smallest absolute Gasteiger partial charge is 0.200 e. The number of ether oxygens (including phenoxy) is 1. The highest BCUT2D eigenvalue weighted by molar-refractivity contribution is 14.1. The highest BCUT2D eigenvalue weighted by Crippen LogP contribution is 2.36. The molecular formula is C17H9F5INO3S. The van der Waals surface area contributed by atoms with E-state index in [1.165, 1.54) is 37.4 Å². The summed E-state index contributed by atoms with van der Waals surface area (Å²) in [5.41, 5.74) is -1.26. The second kappa shape index (κ2) is 8.44. The van der Waals surface area contributed by atoms with Crippen molar-refractivity contribution >= 4 is 36.0 Å². The van der Waals surface area contributed by atoms with Crippen LogP contribution in [-0.2, 0) is 15.6 Å². The van der Waals surface area contributed by atoms with Crippen LogP contribution in [0.3, 0.4) is 0 Å². The fourth-order valence-corrected chi connectivity index (χ4v) is 5.07. The van der Waals surface area contributed by atoms with Gasteiger partial charge in [-0.25, -0.2) is 30.4 Å². The zero-order chi connectivity index (χ0) is 21.2. The molecule has 0 aliphatic heterocycles. The highest BCUT2D eigenvalue weighted by atomic mass is 127. The molecule has 0 fully saturated rings. The Morgan fingerprint density at radius 2 is 1.46 bits per heavy atom. The van der Waals surface area contributed by atoms with Gasteiger partial charge in [0.1, 0.15) is 11.8 Å². The quantitative estimate of drug-likeness (QED) is 0.186. The third-order valence-corrected chi connectivity index (χ3v) is 6.63. The van der Waals surface area contributed by atoms with Crippen molar-refractivity contribution in [1.29, 1.82) is 5.26 Å². The summed E-state index contributed by atoms with van der Waals surface area (Å²) in [5, 5.41) is 9.21. The van der Waals surface area contributed by atoms with Crippen LogP contribution in [0.1, 0.15) is 11.1 Å². The molecule has 0 heterocycles. The van der Waals surface area contributed by atoms with E-state index in [4.69, 9.17) is 4.74 Å². The first-order valence-electron chi connectivity index (χ1n) is 7.22. The number of hydrogen-bond acceptors (Lipinski definition) is 4. The molecule has 0 aliphatic carbocycles. The minimum atomic E-state index is -4.46. The Labute approximate surface area is 170 Å². The third-order valence-electron chi connectivity index (χ3n) is 3.56. The van der Waals surface area contributed by atoms with Gasteiger partial charge in [-0.2, -0.15) is 5.26 Å². The molecule has 0 aliphatic rings. The first-order chi connectivity index (χ1) is 13.0. The summed E-state index contributed by atoms with van der Waals surface area (Å²) in [6.45, 7) is 0. The first kappa shape index (κ1) is 22.1. The molecule has 0 atom stereocenters. The van der Waals surface area contributed by atoms with Gasteiger partial charge in [0.2, 0.25) is 5.82 Å². The number of halogens is 6. The van der Waals surface area contributed by atoms with E-state index in [1.54, 1.807) is 0 Å². The van der Waals surface area contributed by atoms with Crippen LogP contribution >= 0.6 is 22.6 Å². The van der Waals surface area contributed by atoms with Gasteiger partial charge in [-0.1, -0.05) is 12.1 Å². The molecule has 11 heteroatoms. The van der Waals surface area contributed by atoms with Crippen LogP contribution < -0.4 is 4.74 Å². The molecule has 4 nitrogen and oxygen atoms in total. The summed E-state index contributed by atoms with van der Waals surface area (Å²) in [6, 6.07) is 6.96. The van der Waals surface area contributed by atoms with E-state index in [0.29, 0.717) is 5.75 Å². The number of hydrogen-bond donors (Lipinski definition) is 0. The molecule has 0 saturated carbocycles. The van der Waals surface area contributed by atoms with Crippen LogP contribution in [0.25, 0.3) is 3.58 Å². The molecule has 0 unspecified atom stereocenters. The van der Waals surface area contributed by atoms with Crippen LogP contribution in [0.5, 0.6) is 5.75 Å². The summed E-state index contributed by atoms with van der Waals surface area (Å²) < 4.78 is 97.0. The molecule has 0 amide bonds. The first-order valence-corrected chi connectivity index (χ1v) is 9.95. The fraction of sp³-hybridized carbons (Fsp3) is 0.118. The molecule has 0 aromatic heterocycles. The molecule has 0 spiro atoms. The molecule has 148 valence electrons. The van der Waals surface area contributed by atoms with E-state index >= 15 is 0 Å². The van der Waals surface area contributed by atoms with Crippen LogP contribution in [0.15, 0.2) is 29.2 Å². The van der Waals surface area contributed by atoms with Crippen molar-refractivity contribution in [2.45, 2.75) is 5.75 Å². The number of sulfone groups is 1. The lowest BCUT2D eigenvalue weighted by Gasteiger charge is -2.10. The Morgan fingerprint density at radius 3 is 1.89 bits per heavy atom. The summed E-state index contributed by atoms with van der Waals surface area (Å²) >= 11 is 1.07. The Bertz CT molecular complexity index is 1080. The number of nitriles is 1. The monoisotopic (exact) mass is 529 g/mol. The van der Waals surface area contributed by atoms with Gasteiger partial charge in [-0.05, 0) is 40.3 Å². The molecule has 28 heavy (non-hydrogen) atoms. The summed E-state index contributed by atoms with van der Waals surface area (Å²) in [6.07, 6.45) is 0. The fourth-order valence-electron chi connectivity index (χ4n) is 2.18. The number of benzene rings is 2. The van der Waals surface area contributed by atoms with Crippen LogP contribution in [0, 0.1) is 40.4 Å². The molecule has 0 bridgehead atoms. The maximum absolute atomic E-state index is 14.0. The zero-order valence-corrected chi connectivity index (χ0v) is 16.8. The Morgan fingerprint density at radius 1 is 1.00 bits per heavy atom. The lowest BCUT2D eigenvalue weighted by molar-refractivity contribution is 0.377. The lowest BCUT2D eigenvalue weighted by Crippen LogP contribution is -2.11. The second-order valence-corrected chi connectivity index (χ2v) is 8.31. The van der Waals surface area contributed by atoms with Gasteiger partial charge in [0.05, 0.1) is 22.0 Å². The Kier molecular flexibility index (Phi) is 6.66. The van der Waals surface area contributed by atoms with Gasteiger partial charge < -0.3 is 4.74 Å². The number of nitrogens with zero attached hydrogens (tertiary/aromatic N) is 1. The Hall–Kier alpha value is -2.20. The summed E-state index contributed by atoms with van der Waals surface area (Å²) in [4.78, 5) is -1.12. The molecule has 0 saturated heterocycles. The number of allylic oxidation sites excluding steroid dienone is 1. The third kappa shape index (κ3) is 4.12. The van der Waals surface area contributed by atoms with E-state index in [0.717, 1.165) is 22.6 Å². The van der Waals surface area contributed by atoms with Gasteiger partial charge in [-0.3, -0.25) is 0 Å². The van der Waals surface area contributed by atoms with Crippen molar-refractivity contribution in [3.63, 3.8) is 0 Å². The topological polar surface area (TPSA) is 67.2 Å². The standard InChI is InChI=1S/C17H9F5INO3S/c1-27-9-4-2-8(3-5-9)7-28(25,26)10(6-24)17(23)11-12(18)14(20)16(22)15(21)13(11)19/h2-5H,7H2,1H3. The van der Waals surface area contributed by atoms with Crippen molar-refractivity contribution in [2.24, 2.45) is 0 Å².